The Bertz CT molecular complexity index is 1450. The van der Waals surface area contributed by atoms with Crippen molar-refractivity contribution in [2.75, 3.05) is 33.6 Å². The van der Waals surface area contributed by atoms with E-state index in [0.29, 0.717) is 23.1 Å². The largest absolute Gasteiger partial charge is 0.421 e. The quantitative estimate of drug-likeness (QED) is 0.402. The van der Waals surface area contributed by atoms with Gasteiger partial charge in [-0.1, -0.05) is 6.07 Å². The lowest BCUT2D eigenvalue weighted by molar-refractivity contribution is -0.137. The van der Waals surface area contributed by atoms with Crippen LogP contribution in [0.25, 0.3) is 0 Å². The Hall–Kier alpha value is -3.94. The van der Waals surface area contributed by atoms with Crippen LogP contribution in [-0.4, -0.2) is 37.6 Å². The van der Waals surface area contributed by atoms with Gasteiger partial charge in [0.1, 0.15) is 17.2 Å². The summed E-state index contributed by atoms with van der Waals surface area (Å²) in [4.78, 5) is 19.2. The first kappa shape index (κ1) is 25.2. The highest BCUT2D eigenvalue weighted by atomic mass is 32.2. The summed E-state index contributed by atoms with van der Waals surface area (Å²) in [5.74, 6) is -1.79. The summed E-state index contributed by atoms with van der Waals surface area (Å²) >= 11 is 0. The number of aromatic nitrogens is 2. The number of halogens is 4. The van der Waals surface area contributed by atoms with E-state index < -0.39 is 39.9 Å². The molecule has 0 aliphatic carbocycles. The molecule has 0 spiro atoms. The van der Waals surface area contributed by atoms with Gasteiger partial charge in [-0.05, 0) is 35.9 Å². The zero-order chi connectivity index (χ0) is 26.3. The van der Waals surface area contributed by atoms with Crippen LogP contribution in [0.3, 0.4) is 0 Å². The molecule has 9 nitrogen and oxygen atoms in total. The molecule has 0 bridgehead atoms. The van der Waals surface area contributed by atoms with Crippen molar-refractivity contribution in [2.45, 2.75) is 19.1 Å². The molecule has 0 fully saturated rings. The van der Waals surface area contributed by atoms with Crippen LogP contribution < -0.4 is 20.3 Å². The van der Waals surface area contributed by atoms with E-state index in [4.69, 9.17) is 0 Å². The molecule has 3 N–H and O–H groups in total. The SMILES string of the molecule is CN(c1cccc(F)c1CNc1nc(Nc2ccc3c(c2)CC(=O)N3)ncc1C(F)(F)F)S(C)(=O)=O. The Labute approximate surface area is 203 Å². The number of anilines is 5. The highest BCUT2D eigenvalue weighted by Crippen LogP contribution is 2.35. The summed E-state index contributed by atoms with van der Waals surface area (Å²) in [5.41, 5.74) is 0.404. The van der Waals surface area contributed by atoms with Gasteiger partial charge in [-0.15, -0.1) is 0 Å². The Morgan fingerprint density at radius 1 is 1.19 bits per heavy atom. The third-order valence-electron chi connectivity index (χ3n) is 5.44. The molecule has 1 aliphatic heterocycles. The smallest absolute Gasteiger partial charge is 0.365 e. The van der Waals surface area contributed by atoms with Gasteiger partial charge < -0.3 is 16.0 Å². The molecule has 2 aromatic carbocycles. The number of benzene rings is 2. The summed E-state index contributed by atoms with van der Waals surface area (Å²) in [6, 6.07) is 8.60. The minimum Gasteiger partial charge on any atom is -0.365 e. The molecular formula is C22H20F4N6O3S. The number of carbonyl (C=O) groups is 1. The number of nitrogens with zero attached hydrogens (tertiary/aromatic N) is 3. The van der Waals surface area contributed by atoms with Crippen LogP contribution in [0.5, 0.6) is 0 Å². The molecule has 0 saturated carbocycles. The van der Waals surface area contributed by atoms with Gasteiger partial charge >= 0.3 is 6.18 Å². The molecule has 1 aliphatic rings. The van der Waals surface area contributed by atoms with Crippen molar-refractivity contribution < 1.29 is 30.8 Å². The van der Waals surface area contributed by atoms with Gasteiger partial charge in [0.05, 0.1) is 18.4 Å². The summed E-state index contributed by atoms with van der Waals surface area (Å²) in [7, 11) is -2.55. The molecule has 0 atom stereocenters. The van der Waals surface area contributed by atoms with Crippen molar-refractivity contribution in [3.8, 4) is 0 Å². The fourth-order valence-electron chi connectivity index (χ4n) is 3.59. The van der Waals surface area contributed by atoms with Gasteiger partial charge in [-0.25, -0.2) is 17.8 Å². The topological polar surface area (TPSA) is 116 Å². The number of rotatable bonds is 7. The average molecular weight is 525 g/mol. The van der Waals surface area contributed by atoms with Crippen molar-refractivity contribution in [1.82, 2.24) is 9.97 Å². The molecule has 0 radical (unpaired) electrons. The first-order valence-electron chi connectivity index (χ1n) is 10.4. The van der Waals surface area contributed by atoms with Crippen LogP contribution in [0.2, 0.25) is 0 Å². The van der Waals surface area contributed by atoms with Crippen molar-refractivity contribution in [1.29, 1.82) is 0 Å². The van der Waals surface area contributed by atoms with Gasteiger partial charge in [0.2, 0.25) is 21.9 Å². The standard InChI is InChI=1S/C22H20F4N6O3S/c1-32(36(2,34)35)18-5-3-4-16(23)14(18)10-27-20-15(22(24,25)26)11-28-21(31-20)29-13-6-7-17-12(8-13)9-19(33)30-17/h3-8,11H,9-10H2,1-2H3,(H,30,33)(H2,27,28,29,31). The van der Waals surface area contributed by atoms with Crippen molar-refractivity contribution in [2.24, 2.45) is 0 Å². The number of nitrogens with one attached hydrogen (secondary N) is 3. The second-order valence-corrected chi connectivity index (χ2v) is 10.0. The Balaban J connectivity index is 1.64. The maximum absolute atomic E-state index is 14.6. The fourth-order valence-corrected chi connectivity index (χ4v) is 4.12. The number of carbonyl (C=O) groups excluding carboxylic acids is 1. The molecule has 0 saturated heterocycles. The Kier molecular flexibility index (Phi) is 6.47. The molecule has 36 heavy (non-hydrogen) atoms. The number of hydrogen-bond acceptors (Lipinski definition) is 7. The Morgan fingerprint density at radius 3 is 2.64 bits per heavy atom. The fraction of sp³-hybridized carbons (Fsp3) is 0.227. The lowest BCUT2D eigenvalue weighted by Gasteiger charge is -2.21. The van der Waals surface area contributed by atoms with Gasteiger partial charge in [0, 0.05) is 36.7 Å². The van der Waals surface area contributed by atoms with Crippen LogP contribution in [0.15, 0.2) is 42.6 Å². The van der Waals surface area contributed by atoms with E-state index in [0.717, 1.165) is 16.6 Å². The molecule has 0 unspecified atom stereocenters. The van der Waals surface area contributed by atoms with E-state index in [1.165, 1.54) is 19.2 Å². The molecular weight excluding hydrogens is 504 g/mol. The third kappa shape index (κ3) is 5.32. The van der Waals surface area contributed by atoms with Crippen molar-refractivity contribution in [3.63, 3.8) is 0 Å². The van der Waals surface area contributed by atoms with Crippen LogP contribution in [0.1, 0.15) is 16.7 Å². The predicted molar refractivity (Wildman–Crippen MR) is 126 cm³/mol. The number of alkyl halides is 3. The van der Waals surface area contributed by atoms with Gasteiger partial charge in [-0.2, -0.15) is 18.2 Å². The zero-order valence-electron chi connectivity index (χ0n) is 18.9. The van der Waals surface area contributed by atoms with Crippen LogP contribution in [0.4, 0.5) is 46.4 Å². The summed E-state index contributed by atoms with van der Waals surface area (Å²) in [6.45, 7) is -0.492. The summed E-state index contributed by atoms with van der Waals surface area (Å²) in [6.07, 6.45) is -3.15. The average Bonchev–Trinajstić information content (AvgIpc) is 3.15. The molecule has 190 valence electrons. The molecule has 1 amide bonds. The van der Waals surface area contributed by atoms with E-state index in [-0.39, 0.29) is 29.5 Å². The van der Waals surface area contributed by atoms with Crippen LogP contribution in [-0.2, 0) is 34.0 Å². The van der Waals surface area contributed by atoms with E-state index in [2.05, 4.69) is 25.9 Å². The molecule has 4 rings (SSSR count). The zero-order valence-corrected chi connectivity index (χ0v) is 19.8. The van der Waals surface area contributed by atoms with E-state index in [1.54, 1.807) is 18.2 Å². The summed E-state index contributed by atoms with van der Waals surface area (Å²) < 4.78 is 80.2. The number of sulfonamides is 1. The third-order valence-corrected chi connectivity index (χ3v) is 6.64. The van der Waals surface area contributed by atoms with Gasteiger partial charge in [-0.3, -0.25) is 9.10 Å². The van der Waals surface area contributed by atoms with Gasteiger partial charge in [0.25, 0.3) is 0 Å². The lowest BCUT2D eigenvalue weighted by atomic mass is 10.1. The number of fused-ring (bicyclic) bond motifs is 1. The van der Waals surface area contributed by atoms with Crippen LogP contribution in [0, 0.1) is 5.82 Å². The lowest BCUT2D eigenvalue weighted by Crippen LogP contribution is -2.26. The number of amides is 1. The first-order chi connectivity index (χ1) is 16.8. The van der Waals surface area contributed by atoms with Crippen molar-refractivity contribution >= 4 is 44.8 Å². The van der Waals surface area contributed by atoms with Crippen molar-refractivity contribution in [3.05, 3.63) is 65.1 Å². The minimum atomic E-state index is -4.82. The molecule has 2 heterocycles. The van der Waals surface area contributed by atoms with Crippen LogP contribution >= 0.6 is 0 Å². The van der Waals surface area contributed by atoms with Gasteiger partial charge in [0.15, 0.2) is 0 Å². The number of hydrogen-bond donors (Lipinski definition) is 3. The maximum atomic E-state index is 14.6. The predicted octanol–water partition coefficient (Wildman–Crippen LogP) is 3.88. The van der Waals surface area contributed by atoms with E-state index >= 15 is 0 Å². The van der Waals surface area contributed by atoms with E-state index in [1.807, 2.05) is 0 Å². The molecule has 14 heteroatoms. The Morgan fingerprint density at radius 2 is 1.94 bits per heavy atom. The molecule has 1 aromatic heterocycles. The highest BCUT2D eigenvalue weighted by Gasteiger charge is 2.35. The second kappa shape index (κ2) is 9.26. The summed E-state index contributed by atoms with van der Waals surface area (Å²) in [5, 5.41) is 7.94. The minimum absolute atomic E-state index is 0.0349. The molecule has 3 aromatic rings. The monoisotopic (exact) mass is 524 g/mol. The van der Waals surface area contributed by atoms with E-state index in [9.17, 15) is 30.8 Å². The normalized spacial score (nSPS) is 13.2. The second-order valence-electron chi connectivity index (χ2n) is 8.00. The highest BCUT2D eigenvalue weighted by molar-refractivity contribution is 7.92. The maximum Gasteiger partial charge on any atom is 0.421 e. The first-order valence-corrected chi connectivity index (χ1v) is 12.3.